The zero-order valence-electron chi connectivity index (χ0n) is 48.2. The van der Waals surface area contributed by atoms with Crippen molar-refractivity contribution in [2.24, 2.45) is 0 Å². The Bertz CT molecular complexity index is 1780. The molecule has 2 atom stereocenters. The molecule has 75 heavy (non-hydrogen) atoms. The molecule has 0 saturated heterocycles. The topological polar surface area (TPSA) is 64.6 Å². The van der Waals surface area contributed by atoms with Crippen molar-refractivity contribution in [3.8, 4) is 23.0 Å². The van der Waals surface area contributed by atoms with Gasteiger partial charge < -0.3 is 22.8 Å². The Hall–Kier alpha value is -3.18. The van der Waals surface area contributed by atoms with E-state index in [1.54, 1.807) is 0 Å². The Kier molecular flexibility index (Phi) is 36.7. The molecule has 0 aromatic heterocycles. The van der Waals surface area contributed by atoms with Crippen LogP contribution in [-0.4, -0.2) is 25.4 Å². The lowest BCUT2D eigenvalue weighted by molar-refractivity contribution is -0.00896. The molecule has 420 valence electrons. The average molecular weight is 1070 g/mol. The number of unbranched alkanes of at least 4 members (excludes halogenated alkanes) is 24. The minimum Gasteiger partial charge on any atom is -0.418 e. The molecule has 0 aliphatic heterocycles. The standard InChI is InChI=1S/C66H104O7P2/c1-7-11-15-19-23-27-31-35-59-39-47-63(48-40-59)70-74(71-64-49-41-60(42-50-64)36-32-28-24-20-16-12-8-2)68-56-57(5)67-55-58(6)69-75(72-65-51-43-61(44-52-65)37-33-29-25-21-17-13-9-3)73-66-53-45-62(46-54-66)38-34-30-26-22-18-14-10-4/h39-54,57-58H,7-38,55-56H2,1-6H3. The SMILES string of the molecule is CCCCCCCCCc1ccc(OP(OCC(C)OCC(C)OP(Oc2ccc(CCCCCCCCC)cc2)Oc2ccc(CCCCCCCCC)cc2)Oc2ccc(CCCCCCCCC)cc2)cc1. The zero-order chi connectivity index (χ0) is 53.2. The van der Waals surface area contributed by atoms with E-state index in [0.29, 0.717) is 6.61 Å². The number of benzene rings is 4. The van der Waals surface area contributed by atoms with Crippen molar-refractivity contribution >= 4 is 17.2 Å². The first-order valence-electron chi connectivity index (χ1n) is 30.5. The summed E-state index contributed by atoms with van der Waals surface area (Å²) in [6.45, 7) is 13.7. The maximum absolute atomic E-state index is 6.52. The van der Waals surface area contributed by atoms with Gasteiger partial charge in [-0.05, 0) is 136 Å². The van der Waals surface area contributed by atoms with Crippen LogP contribution in [0.2, 0.25) is 0 Å². The molecule has 0 bridgehead atoms. The minimum atomic E-state index is -1.79. The predicted octanol–water partition coefficient (Wildman–Crippen LogP) is 21.8. The Labute approximate surface area is 461 Å². The van der Waals surface area contributed by atoms with Gasteiger partial charge in [0.25, 0.3) is 0 Å². The Morgan fingerprint density at radius 3 is 0.827 bits per heavy atom. The smallest absolute Gasteiger partial charge is 0.418 e. The first-order valence-corrected chi connectivity index (χ1v) is 32.7. The molecule has 0 heterocycles. The summed E-state index contributed by atoms with van der Waals surface area (Å²) in [6.07, 6.45) is 40.3. The van der Waals surface area contributed by atoms with E-state index >= 15 is 0 Å². The maximum atomic E-state index is 6.52. The second kappa shape index (κ2) is 42.8. The first kappa shape index (κ1) is 64.3. The van der Waals surface area contributed by atoms with Crippen LogP contribution in [0, 0.1) is 0 Å². The average Bonchev–Trinajstić information content (AvgIpc) is 3.42. The lowest BCUT2D eigenvalue weighted by atomic mass is 10.0. The monoisotopic (exact) mass is 1070 g/mol. The third-order valence-corrected chi connectivity index (χ3v) is 16.3. The molecule has 0 aliphatic rings. The summed E-state index contributed by atoms with van der Waals surface area (Å²) in [5, 5.41) is 0. The van der Waals surface area contributed by atoms with E-state index in [1.807, 2.05) is 62.4 Å². The van der Waals surface area contributed by atoms with Crippen LogP contribution >= 0.6 is 17.2 Å². The van der Waals surface area contributed by atoms with Crippen molar-refractivity contribution < 1.29 is 31.9 Å². The van der Waals surface area contributed by atoms with E-state index < -0.39 is 17.2 Å². The molecular weight excluding hydrogens is 967 g/mol. The van der Waals surface area contributed by atoms with Crippen LogP contribution in [0.25, 0.3) is 0 Å². The van der Waals surface area contributed by atoms with Crippen LogP contribution in [0.1, 0.15) is 244 Å². The molecule has 0 amide bonds. The molecule has 0 aliphatic carbocycles. The third-order valence-electron chi connectivity index (χ3n) is 14.0. The lowest BCUT2D eigenvalue weighted by Crippen LogP contribution is -2.23. The molecule has 2 unspecified atom stereocenters. The van der Waals surface area contributed by atoms with Gasteiger partial charge in [0, 0.05) is 0 Å². The van der Waals surface area contributed by atoms with Gasteiger partial charge in [-0.1, -0.05) is 230 Å². The fourth-order valence-electron chi connectivity index (χ4n) is 9.18. The number of hydrogen-bond donors (Lipinski definition) is 0. The molecule has 0 spiro atoms. The summed E-state index contributed by atoms with van der Waals surface area (Å²) in [5.41, 5.74) is 5.32. The highest BCUT2D eigenvalue weighted by molar-refractivity contribution is 7.42. The predicted molar refractivity (Wildman–Crippen MR) is 321 cm³/mol. The van der Waals surface area contributed by atoms with Crippen LogP contribution in [0.15, 0.2) is 97.1 Å². The quantitative estimate of drug-likeness (QED) is 0.0323. The molecule has 9 heteroatoms. The second-order valence-electron chi connectivity index (χ2n) is 21.2. The molecule has 0 saturated carbocycles. The van der Waals surface area contributed by atoms with Crippen molar-refractivity contribution in [3.63, 3.8) is 0 Å². The summed E-state index contributed by atoms with van der Waals surface area (Å²) < 4.78 is 45.2. The second-order valence-corrected chi connectivity index (χ2v) is 23.3. The minimum absolute atomic E-state index is 0.261. The maximum Gasteiger partial charge on any atom is 0.463 e. The van der Waals surface area contributed by atoms with Gasteiger partial charge >= 0.3 is 17.2 Å². The van der Waals surface area contributed by atoms with E-state index in [-0.39, 0.29) is 18.8 Å². The summed E-state index contributed by atoms with van der Waals surface area (Å²) in [5.74, 6) is 2.92. The molecular formula is C66H104O7P2. The molecule has 4 rings (SSSR count). The van der Waals surface area contributed by atoms with Crippen LogP contribution in [0.5, 0.6) is 23.0 Å². The number of hydrogen-bond acceptors (Lipinski definition) is 7. The zero-order valence-corrected chi connectivity index (χ0v) is 50.0. The highest BCUT2D eigenvalue weighted by atomic mass is 31.2. The van der Waals surface area contributed by atoms with Gasteiger partial charge in [-0.25, -0.2) is 0 Å². The van der Waals surface area contributed by atoms with Gasteiger partial charge in [-0.15, -0.1) is 0 Å². The number of aryl methyl sites for hydroxylation is 4. The third kappa shape index (κ3) is 31.7. The van der Waals surface area contributed by atoms with Crippen molar-refractivity contribution in [1.29, 1.82) is 0 Å². The molecule has 4 aromatic carbocycles. The Morgan fingerprint density at radius 1 is 0.293 bits per heavy atom. The number of rotatable bonds is 48. The van der Waals surface area contributed by atoms with E-state index in [4.69, 9.17) is 31.9 Å². The Balaban J connectivity index is 1.33. The summed E-state index contributed by atoms with van der Waals surface area (Å²) in [7, 11) is -3.56. The van der Waals surface area contributed by atoms with Gasteiger partial charge in [0.2, 0.25) is 0 Å². The molecule has 0 radical (unpaired) electrons. The van der Waals surface area contributed by atoms with Crippen LogP contribution < -0.4 is 18.1 Å². The van der Waals surface area contributed by atoms with E-state index in [0.717, 1.165) is 48.7 Å². The van der Waals surface area contributed by atoms with E-state index in [1.165, 1.54) is 202 Å². The van der Waals surface area contributed by atoms with Gasteiger partial charge in [-0.3, -0.25) is 9.05 Å². The fraction of sp³-hybridized carbons (Fsp3) is 0.636. The van der Waals surface area contributed by atoms with Crippen LogP contribution in [-0.2, 0) is 39.5 Å². The summed E-state index contributed by atoms with van der Waals surface area (Å²) in [6, 6.07) is 33.8. The van der Waals surface area contributed by atoms with Gasteiger partial charge in [0.05, 0.1) is 25.4 Å². The molecule has 4 aromatic rings. The molecule has 7 nitrogen and oxygen atoms in total. The van der Waals surface area contributed by atoms with Crippen molar-refractivity contribution in [2.75, 3.05) is 13.2 Å². The van der Waals surface area contributed by atoms with Crippen LogP contribution in [0.3, 0.4) is 0 Å². The number of ether oxygens (including phenoxy) is 1. The van der Waals surface area contributed by atoms with E-state index in [2.05, 4.69) is 76.2 Å². The van der Waals surface area contributed by atoms with Gasteiger partial charge in [0.15, 0.2) is 0 Å². The molecule has 0 fully saturated rings. The Morgan fingerprint density at radius 2 is 0.547 bits per heavy atom. The van der Waals surface area contributed by atoms with E-state index in [9.17, 15) is 0 Å². The van der Waals surface area contributed by atoms with Gasteiger partial charge in [-0.2, -0.15) is 0 Å². The van der Waals surface area contributed by atoms with Crippen molar-refractivity contribution in [2.45, 2.75) is 259 Å². The molecule has 0 N–H and O–H groups in total. The van der Waals surface area contributed by atoms with Crippen LogP contribution in [0.4, 0.5) is 0 Å². The normalized spacial score (nSPS) is 12.4. The highest BCUT2D eigenvalue weighted by Crippen LogP contribution is 2.44. The van der Waals surface area contributed by atoms with Crippen molar-refractivity contribution in [1.82, 2.24) is 0 Å². The first-order chi connectivity index (χ1) is 36.9. The van der Waals surface area contributed by atoms with Gasteiger partial charge in [0.1, 0.15) is 23.0 Å². The largest absolute Gasteiger partial charge is 0.463 e. The lowest BCUT2D eigenvalue weighted by Gasteiger charge is -2.23. The highest BCUT2D eigenvalue weighted by Gasteiger charge is 2.24. The summed E-state index contributed by atoms with van der Waals surface area (Å²) in [4.78, 5) is 0. The van der Waals surface area contributed by atoms with Crippen molar-refractivity contribution in [3.05, 3.63) is 119 Å². The summed E-state index contributed by atoms with van der Waals surface area (Å²) >= 11 is 0. The fourth-order valence-corrected chi connectivity index (χ4v) is 11.3.